The largest absolute Gasteiger partial charge is 0.349 e. The van der Waals surface area contributed by atoms with Crippen LogP contribution in [0.3, 0.4) is 0 Å². The summed E-state index contributed by atoms with van der Waals surface area (Å²) in [6.07, 6.45) is 2.06. The van der Waals surface area contributed by atoms with Crippen LogP contribution in [0.5, 0.6) is 0 Å². The van der Waals surface area contributed by atoms with E-state index in [1.807, 2.05) is 50.2 Å². The molecule has 1 atom stereocenters. The molecular formula is C20H22N2O2S. The quantitative estimate of drug-likeness (QED) is 0.771. The van der Waals surface area contributed by atoms with Crippen LogP contribution < -0.4 is 10.6 Å². The molecule has 2 aromatic carbocycles. The van der Waals surface area contributed by atoms with Crippen molar-refractivity contribution in [2.24, 2.45) is 0 Å². The molecule has 0 saturated heterocycles. The second-order valence-electron chi connectivity index (χ2n) is 6.36. The summed E-state index contributed by atoms with van der Waals surface area (Å²) in [6, 6.07) is 15.5. The molecule has 0 radical (unpaired) electrons. The first kappa shape index (κ1) is 17.5. The number of hydrogen-bond donors (Lipinski definition) is 2. The summed E-state index contributed by atoms with van der Waals surface area (Å²) in [5, 5.41) is 5.60. The van der Waals surface area contributed by atoms with Crippen LogP contribution in [-0.2, 0) is 4.79 Å². The molecule has 1 aliphatic rings. The SMILES string of the molecule is Cc1ccc(S[C@H](C)C(=O)Nc2ccccc2C(=O)NC2CC2)cc1. The van der Waals surface area contributed by atoms with Gasteiger partial charge in [-0.3, -0.25) is 9.59 Å². The summed E-state index contributed by atoms with van der Waals surface area (Å²) in [7, 11) is 0. The van der Waals surface area contributed by atoms with E-state index in [4.69, 9.17) is 0 Å². The lowest BCUT2D eigenvalue weighted by molar-refractivity contribution is -0.115. The number of aryl methyl sites for hydroxylation is 1. The van der Waals surface area contributed by atoms with E-state index in [9.17, 15) is 9.59 Å². The fraction of sp³-hybridized carbons (Fsp3) is 0.300. The number of hydrogen-bond acceptors (Lipinski definition) is 3. The molecule has 0 bridgehead atoms. The summed E-state index contributed by atoms with van der Waals surface area (Å²) < 4.78 is 0. The lowest BCUT2D eigenvalue weighted by atomic mass is 10.1. The van der Waals surface area contributed by atoms with Gasteiger partial charge in [0.1, 0.15) is 0 Å². The van der Waals surface area contributed by atoms with Crippen molar-refractivity contribution < 1.29 is 9.59 Å². The molecule has 25 heavy (non-hydrogen) atoms. The molecule has 2 aromatic rings. The third-order valence-electron chi connectivity index (χ3n) is 4.05. The Labute approximate surface area is 152 Å². The van der Waals surface area contributed by atoms with Crippen molar-refractivity contribution in [1.29, 1.82) is 0 Å². The van der Waals surface area contributed by atoms with E-state index in [0.717, 1.165) is 17.7 Å². The fourth-order valence-corrected chi connectivity index (χ4v) is 3.26. The zero-order chi connectivity index (χ0) is 17.8. The summed E-state index contributed by atoms with van der Waals surface area (Å²) in [5.41, 5.74) is 2.26. The van der Waals surface area contributed by atoms with E-state index in [-0.39, 0.29) is 23.1 Å². The van der Waals surface area contributed by atoms with Crippen LogP contribution in [0, 0.1) is 6.92 Å². The first-order chi connectivity index (χ1) is 12.0. The number of carbonyl (C=O) groups is 2. The van der Waals surface area contributed by atoms with Crippen LogP contribution in [0.25, 0.3) is 0 Å². The van der Waals surface area contributed by atoms with Gasteiger partial charge in [0.05, 0.1) is 16.5 Å². The van der Waals surface area contributed by atoms with Crippen molar-refractivity contribution in [2.45, 2.75) is 42.9 Å². The number of benzene rings is 2. The summed E-state index contributed by atoms with van der Waals surface area (Å²) >= 11 is 1.50. The van der Waals surface area contributed by atoms with Gasteiger partial charge in [0.25, 0.3) is 5.91 Å². The molecule has 2 N–H and O–H groups in total. The maximum Gasteiger partial charge on any atom is 0.253 e. The van der Waals surface area contributed by atoms with Gasteiger partial charge in [-0.25, -0.2) is 0 Å². The number of para-hydroxylation sites is 1. The van der Waals surface area contributed by atoms with E-state index < -0.39 is 0 Å². The van der Waals surface area contributed by atoms with E-state index in [1.54, 1.807) is 12.1 Å². The standard InChI is InChI=1S/C20H22N2O2S/c1-13-7-11-16(12-8-13)25-14(2)19(23)22-18-6-4-3-5-17(18)20(24)21-15-9-10-15/h3-8,11-12,14-15H,9-10H2,1-2H3,(H,21,24)(H,22,23)/t14-/m1/s1. The number of nitrogens with one attached hydrogen (secondary N) is 2. The smallest absolute Gasteiger partial charge is 0.253 e. The highest BCUT2D eigenvalue weighted by Crippen LogP contribution is 2.26. The number of carbonyl (C=O) groups excluding carboxylic acids is 2. The van der Waals surface area contributed by atoms with Gasteiger partial charge in [-0.05, 0) is 51.0 Å². The van der Waals surface area contributed by atoms with E-state index >= 15 is 0 Å². The highest BCUT2D eigenvalue weighted by atomic mass is 32.2. The normalized spacial score (nSPS) is 14.6. The van der Waals surface area contributed by atoms with Gasteiger partial charge in [-0.15, -0.1) is 11.8 Å². The van der Waals surface area contributed by atoms with E-state index in [0.29, 0.717) is 11.3 Å². The number of thioether (sulfide) groups is 1. The maximum atomic E-state index is 12.5. The Hall–Kier alpha value is -2.27. The number of rotatable bonds is 6. The summed E-state index contributed by atoms with van der Waals surface area (Å²) in [6.45, 7) is 3.90. The van der Waals surface area contributed by atoms with Gasteiger partial charge in [-0.1, -0.05) is 29.8 Å². The molecule has 5 heteroatoms. The molecule has 0 aliphatic heterocycles. The molecule has 1 saturated carbocycles. The Morgan fingerprint density at radius 2 is 1.76 bits per heavy atom. The van der Waals surface area contributed by atoms with Crippen molar-refractivity contribution in [1.82, 2.24) is 5.32 Å². The van der Waals surface area contributed by atoms with Crippen molar-refractivity contribution >= 4 is 29.3 Å². The van der Waals surface area contributed by atoms with Gasteiger partial charge >= 0.3 is 0 Å². The Balaban J connectivity index is 1.65. The zero-order valence-electron chi connectivity index (χ0n) is 14.4. The predicted octanol–water partition coefficient (Wildman–Crippen LogP) is 4.01. The van der Waals surface area contributed by atoms with Gasteiger partial charge in [0.15, 0.2) is 0 Å². The highest BCUT2D eigenvalue weighted by molar-refractivity contribution is 8.00. The number of anilines is 1. The van der Waals surface area contributed by atoms with Crippen LogP contribution in [-0.4, -0.2) is 23.1 Å². The third kappa shape index (κ3) is 4.86. The molecule has 0 heterocycles. The summed E-state index contributed by atoms with van der Waals surface area (Å²) in [4.78, 5) is 25.9. The van der Waals surface area contributed by atoms with Gasteiger partial charge < -0.3 is 10.6 Å². The first-order valence-corrected chi connectivity index (χ1v) is 9.35. The van der Waals surface area contributed by atoms with E-state index in [2.05, 4.69) is 10.6 Å². The fourth-order valence-electron chi connectivity index (χ4n) is 2.39. The molecular weight excluding hydrogens is 332 g/mol. The maximum absolute atomic E-state index is 12.5. The monoisotopic (exact) mass is 354 g/mol. The van der Waals surface area contributed by atoms with Crippen molar-refractivity contribution in [2.75, 3.05) is 5.32 Å². The Bertz CT molecular complexity index is 770. The van der Waals surface area contributed by atoms with Crippen LogP contribution >= 0.6 is 11.8 Å². The van der Waals surface area contributed by atoms with E-state index in [1.165, 1.54) is 17.3 Å². The van der Waals surface area contributed by atoms with Crippen molar-refractivity contribution in [3.63, 3.8) is 0 Å². The molecule has 1 fully saturated rings. The van der Waals surface area contributed by atoms with Crippen LogP contribution in [0.1, 0.15) is 35.7 Å². The second kappa shape index (κ2) is 7.74. The predicted molar refractivity (Wildman–Crippen MR) is 102 cm³/mol. The average molecular weight is 354 g/mol. The van der Waals surface area contributed by atoms with Gasteiger partial charge in [0.2, 0.25) is 5.91 Å². The topological polar surface area (TPSA) is 58.2 Å². The minimum absolute atomic E-state index is 0.114. The highest BCUT2D eigenvalue weighted by Gasteiger charge is 2.25. The molecule has 2 amide bonds. The molecule has 0 aromatic heterocycles. The van der Waals surface area contributed by atoms with Crippen molar-refractivity contribution in [3.8, 4) is 0 Å². The zero-order valence-corrected chi connectivity index (χ0v) is 15.2. The third-order valence-corrected chi connectivity index (χ3v) is 5.16. The lowest BCUT2D eigenvalue weighted by Gasteiger charge is -2.15. The summed E-state index contributed by atoms with van der Waals surface area (Å²) in [5.74, 6) is -0.241. The Kier molecular flexibility index (Phi) is 5.43. The molecule has 130 valence electrons. The van der Waals surface area contributed by atoms with Crippen LogP contribution in [0.4, 0.5) is 5.69 Å². The van der Waals surface area contributed by atoms with Gasteiger partial charge in [0, 0.05) is 10.9 Å². The molecule has 0 unspecified atom stereocenters. The average Bonchev–Trinajstić information content (AvgIpc) is 3.41. The molecule has 4 nitrogen and oxygen atoms in total. The van der Waals surface area contributed by atoms with Crippen molar-refractivity contribution in [3.05, 3.63) is 59.7 Å². The first-order valence-electron chi connectivity index (χ1n) is 8.47. The Morgan fingerprint density at radius 1 is 1.08 bits per heavy atom. The second-order valence-corrected chi connectivity index (χ2v) is 7.77. The van der Waals surface area contributed by atoms with Crippen LogP contribution in [0.15, 0.2) is 53.4 Å². The minimum Gasteiger partial charge on any atom is -0.349 e. The number of amides is 2. The minimum atomic E-state index is -0.262. The lowest BCUT2D eigenvalue weighted by Crippen LogP contribution is -2.28. The molecule has 1 aliphatic carbocycles. The van der Waals surface area contributed by atoms with Gasteiger partial charge in [-0.2, -0.15) is 0 Å². The Morgan fingerprint density at radius 3 is 2.44 bits per heavy atom. The molecule has 0 spiro atoms. The molecule has 3 rings (SSSR count). The van der Waals surface area contributed by atoms with Crippen LogP contribution in [0.2, 0.25) is 0 Å².